The van der Waals surface area contributed by atoms with E-state index < -0.39 is 11.8 Å². The molecule has 8 nitrogen and oxygen atoms in total. The summed E-state index contributed by atoms with van der Waals surface area (Å²) in [5.74, 6) is 0.240. The number of hydrogen-bond donors (Lipinski definition) is 2. The number of benzene rings is 2. The number of carbonyl (C=O) groups is 2. The zero-order valence-corrected chi connectivity index (χ0v) is 15.6. The van der Waals surface area contributed by atoms with Gasteiger partial charge in [-0.1, -0.05) is 30.3 Å². The van der Waals surface area contributed by atoms with Gasteiger partial charge in [0.1, 0.15) is 17.6 Å². The largest absolute Gasteiger partial charge is 0.482 e. The molecule has 0 saturated heterocycles. The van der Waals surface area contributed by atoms with Crippen molar-refractivity contribution in [3.63, 3.8) is 0 Å². The Balaban J connectivity index is 1.49. The third-order valence-corrected chi connectivity index (χ3v) is 3.95. The molecule has 1 aromatic heterocycles. The van der Waals surface area contributed by atoms with Crippen LogP contribution in [0, 0.1) is 18.3 Å². The Hall–Kier alpha value is -4.12. The molecule has 0 fully saturated rings. The normalized spacial score (nSPS) is 10.1. The molecule has 0 aliphatic heterocycles. The predicted octanol–water partition coefficient (Wildman–Crippen LogP) is 2.29. The Morgan fingerprint density at radius 3 is 2.52 bits per heavy atom. The molecule has 146 valence electrons. The number of para-hydroxylation sites is 1. The molecule has 0 aliphatic carbocycles. The molecular weight excluding hydrogens is 372 g/mol. The minimum absolute atomic E-state index is 0.0550. The van der Waals surface area contributed by atoms with E-state index in [9.17, 15) is 9.59 Å². The van der Waals surface area contributed by atoms with E-state index in [4.69, 9.17) is 14.4 Å². The van der Waals surface area contributed by atoms with Gasteiger partial charge < -0.3 is 9.15 Å². The maximum absolute atomic E-state index is 12.1. The molecule has 0 unspecified atom stereocenters. The summed E-state index contributed by atoms with van der Waals surface area (Å²) >= 11 is 0. The number of nitrogens with zero attached hydrogens (tertiary/aromatic N) is 2. The second-order valence-electron chi connectivity index (χ2n) is 6.06. The van der Waals surface area contributed by atoms with E-state index in [1.165, 1.54) is 0 Å². The van der Waals surface area contributed by atoms with E-state index in [-0.39, 0.29) is 13.0 Å². The second kappa shape index (κ2) is 9.19. The first-order valence-corrected chi connectivity index (χ1v) is 8.78. The SMILES string of the molecule is Cc1oc(-c2ccccc2)nc1CC(=O)NNC(=O)COc1ccccc1C#N. The smallest absolute Gasteiger partial charge is 0.276 e. The third-order valence-electron chi connectivity index (χ3n) is 3.95. The number of amides is 2. The van der Waals surface area contributed by atoms with Crippen molar-refractivity contribution in [1.29, 1.82) is 5.26 Å². The fourth-order valence-electron chi connectivity index (χ4n) is 2.50. The van der Waals surface area contributed by atoms with E-state index in [0.29, 0.717) is 28.7 Å². The van der Waals surface area contributed by atoms with Gasteiger partial charge >= 0.3 is 0 Å². The van der Waals surface area contributed by atoms with Gasteiger partial charge in [0, 0.05) is 5.56 Å². The minimum Gasteiger partial charge on any atom is -0.482 e. The molecule has 29 heavy (non-hydrogen) atoms. The van der Waals surface area contributed by atoms with Crippen LogP contribution in [0.3, 0.4) is 0 Å². The van der Waals surface area contributed by atoms with E-state index in [2.05, 4.69) is 15.8 Å². The topological polar surface area (TPSA) is 117 Å². The Labute approximate surface area is 167 Å². The zero-order chi connectivity index (χ0) is 20.6. The van der Waals surface area contributed by atoms with Gasteiger partial charge in [0.05, 0.1) is 17.7 Å². The van der Waals surface area contributed by atoms with Gasteiger partial charge in [0.2, 0.25) is 11.8 Å². The minimum atomic E-state index is -0.562. The predicted molar refractivity (Wildman–Crippen MR) is 103 cm³/mol. The van der Waals surface area contributed by atoms with Gasteiger partial charge in [-0.25, -0.2) is 4.98 Å². The van der Waals surface area contributed by atoms with Crippen LogP contribution in [0.1, 0.15) is 17.0 Å². The van der Waals surface area contributed by atoms with Crippen molar-refractivity contribution in [1.82, 2.24) is 15.8 Å². The lowest BCUT2D eigenvalue weighted by atomic mass is 10.2. The molecule has 2 amide bonds. The van der Waals surface area contributed by atoms with Gasteiger partial charge in [-0.3, -0.25) is 20.4 Å². The van der Waals surface area contributed by atoms with Gasteiger partial charge in [-0.2, -0.15) is 5.26 Å². The summed E-state index contributed by atoms with van der Waals surface area (Å²) in [5, 5.41) is 9.00. The van der Waals surface area contributed by atoms with Gasteiger partial charge in [-0.15, -0.1) is 0 Å². The number of nitrogens with one attached hydrogen (secondary N) is 2. The van der Waals surface area contributed by atoms with Crippen LogP contribution in [0.4, 0.5) is 0 Å². The van der Waals surface area contributed by atoms with Crippen LogP contribution in [0.2, 0.25) is 0 Å². The highest BCUT2D eigenvalue weighted by Crippen LogP contribution is 2.21. The average Bonchev–Trinajstić information content (AvgIpc) is 3.11. The molecule has 0 bridgehead atoms. The summed E-state index contributed by atoms with van der Waals surface area (Å²) in [6.45, 7) is 1.38. The number of carbonyl (C=O) groups excluding carboxylic acids is 2. The summed E-state index contributed by atoms with van der Waals surface area (Å²) in [6, 6.07) is 17.9. The number of aryl methyl sites for hydroxylation is 1. The fourth-order valence-corrected chi connectivity index (χ4v) is 2.50. The molecule has 3 rings (SSSR count). The number of rotatable bonds is 6. The first kappa shape index (κ1) is 19.6. The van der Waals surface area contributed by atoms with Crippen molar-refractivity contribution in [3.05, 3.63) is 71.6 Å². The van der Waals surface area contributed by atoms with E-state index in [0.717, 1.165) is 5.56 Å². The van der Waals surface area contributed by atoms with E-state index >= 15 is 0 Å². The summed E-state index contributed by atoms with van der Waals surface area (Å²) in [5.41, 5.74) is 6.18. The number of nitriles is 1. The molecule has 0 aliphatic rings. The fraction of sp³-hybridized carbons (Fsp3) is 0.143. The quantitative estimate of drug-likeness (QED) is 0.624. The Bertz CT molecular complexity index is 1050. The molecule has 0 spiro atoms. The Morgan fingerprint density at radius 2 is 1.76 bits per heavy atom. The van der Waals surface area contributed by atoms with Gasteiger partial charge in [0.15, 0.2) is 6.61 Å². The lowest BCUT2D eigenvalue weighted by molar-refractivity contribution is -0.129. The molecule has 0 radical (unpaired) electrons. The lowest BCUT2D eigenvalue weighted by Crippen LogP contribution is -2.44. The van der Waals surface area contributed by atoms with Crippen LogP contribution in [-0.4, -0.2) is 23.4 Å². The Kier molecular flexibility index (Phi) is 6.22. The molecule has 0 saturated carbocycles. The molecule has 2 N–H and O–H groups in total. The number of hydrogen-bond acceptors (Lipinski definition) is 6. The van der Waals surface area contributed by atoms with Crippen molar-refractivity contribution in [2.75, 3.05) is 6.61 Å². The number of aromatic nitrogens is 1. The number of ether oxygens (including phenoxy) is 1. The molecule has 2 aromatic carbocycles. The molecule has 3 aromatic rings. The van der Waals surface area contributed by atoms with Crippen LogP contribution in [-0.2, 0) is 16.0 Å². The maximum Gasteiger partial charge on any atom is 0.276 e. The van der Waals surface area contributed by atoms with Crippen molar-refractivity contribution in [2.45, 2.75) is 13.3 Å². The van der Waals surface area contributed by atoms with Gasteiger partial charge in [-0.05, 0) is 31.2 Å². The highest BCUT2D eigenvalue weighted by Gasteiger charge is 2.15. The first-order chi connectivity index (χ1) is 14.1. The van der Waals surface area contributed by atoms with Crippen molar-refractivity contribution in [2.24, 2.45) is 0 Å². The highest BCUT2D eigenvalue weighted by molar-refractivity contribution is 5.83. The first-order valence-electron chi connectivity index (χ1n) is 8.78. The van der Waals surface area contributed by atoms with Crippen LogP contribution < -0.4 is 15.6 Å². The molecule has 8 heteroatoms. The van der Waals surface area contributed by atoms with E-state index in [1.807, 2.05) is 36.4 Å². The summed E-state index contributed by atoms with van der Waals surface area (Å²) < 4.78 is 10.9. The van der Waals surface area contributed by atoms with Crippen molar-refractivity contribution in [3.8, 4) is 23.3 Å². The van der Waals surface area contributed by atoms with Crippen molar-refractivity contribution >= 4 is 11.8 Å². The monoisotopic (exact) mass is 390 g/mol. The maximum atomic E-state index is 12.1. The molecular formula is C21H18N4O4. The van der Waals surface area contributed by atoms with Gasteiger partial charge in [0.25, 0.3) is 5.91 Å². The van der Waals surface area contributed by atoms with Crippen molar-refractivity contribution < 1.29 is 18.7 Å². The molecule has 0 atom stereocenters. The van der Waals surface area contributed by atoms with Crippen LogP contribution in [0.15, 0.2) is 59.0 Å². The number of hydrazine groups is 1. The third kappa shape index (κ3) is 5.20. The lowest BCUT2D eigenvalue weighted by Gasteiger charge is -2.09. The Morgan fingerprint density at radius 1 is 1.07 bits per heavy atom. The van der Waals surface area contributed by atoms with E-state index in [1.54, 1.807) is 31.2 Å². The van der Waals surface area contributed by atoms with Crippen LogP contribution >= 0.6 is 0 Å². The van der Waals surface area contributed by atoms with Crippen LogP contribution in [0.25, 0.3) is 11.5 Å². The number of oxazole rings is 1. The zero-order valence-electron chi connectivity index (χ0n) is 15.6. The average molecular weight is 390 g/mol. The van der Waals surface area contributed by atoms with Crippen LogP contribution in [0.5, 0.6) is 5.75 Å². The summed E-state index contributed by atoms with van der Waals surface area (Å²) in [7, 11) is 0. The summed E-state index contributed by atoms with van der Waals surface area (Å²) in [6.07, 6.45) is -0.0550. The second-order valence-corrected chi connectivity index (χ2v) is 6.06. The molecule has 1 heterocycles. The highest BCUT2D eigenvalue weighted by atomic mass is 16.5. The standard InChI is InChI=1S/C21H18N4O4/c1-14-17(23-21(29-14)15-7-3-2-4-8-15)11-19(26)24-25-20(27)13-28-18-10-6-5-9-16(18)12-22/h2-10H,11,13H2,1H3,(H,24,26)(H,25,27). The summed E-state index contributed by atoms with van der Waals surface area (Å²) in [4.78, 5) is 28.3.